The number of hydrogen-bond donors (Lipinski definition) is 1. The van der Waals surface area contributed by atoms with E-state index in [1.54, 1.807) is 30.3 Å². The summed E-state index contributed by atoms with van der Waals surface area (Å²) >= 11 is 0. The topological polar surface area (TPSA) is 55.3 Å². The largest absolute Gasteiger partial charge is 0.423 e. The summed E-state index contributed by atoms with van der Waals surface area (Å²) in [7, 11) is 0. The number of halogens is 1. The Morgan fingerprint density at radius 3 is 2.65 bits per heavy atom. The molecule has 2 aromatic carbocycles. The first kappa shape index (κ1) is 12.5. The van der Waals surface area contributed by atoms with Crippen LogP contribution in [0.2, 0.25) is 0 Å². The second kappa shape index (κ2) is 4.85. The highest BCUT2D eigenvalue weighted by molar-refractivity contribution is 5.79. The molecule has 2 N–H and O–H groups in total. The van der Waals surface area contributed by atoms with E-state index < -0.39 is 0 Å². The Hall–Kier alpha value is -2.56. The Bertz CT molecular complexity index is 736. The second-order valence-corrected chi connectivity index (χ2v) is 4.44. The van der Waals surface area contributed by atoms with Crippen molar-refractivity contribution in [1.82, 2.24) is 4.98 Å². The Kier molecular flexibility index (Phi) is 3.02. The lowest BCUT2D eigenvalue weighted by atomic mass is 10.3. The van der Waals surface area contributed by atoms with Crippen LogP contribution in [-0.2, 0) is 0 Å². The standard InChI is InChI=1S/C15H14FN3O/c1-2-19(12-6-3-10(16)4-7-12)15-18-13-9-11(17)5-8-14(13)20-15/h3-9H,2,17H2,1H3. The summed E-state index contributed by atoms with van der Waals surface area (Å²) in [5.74, 6) is -0.268. The highest BCUT2D eigenvalue weighted by Crippen LogP contribution is 2.28. The normalized spacial score (nSPS) is 10.9. The van der Waals surface area contributed by atoms with Crippen LogP contribution in [0.3, 0.4) is 0 Å². The van der Waals surface area contributed by atoms with E-state index in [-0.39, 0.29) is 5.82 Å². The first-order chi connectivity index (χ1) is 9.67. The van der Waals surface area contributed by atoms with Crippen molar-refractivity contribution < 1.29 is 8.81 Å². The molecule has 0 aliphatic heterocycles. The van der Waals surface area contributed by atoms with Crippen molar-refractivity contribution in [2.75, 3.05) is 17.2 Å². The van der Waals surface area contributed by atoms with Gasteiger partial charge in [0.05, 0.1) is 0 Å². The number of aromatic nitrogens is 1. The van der Waals surface area contributed by atoms with E-state index >= 15 is 0 Å². The van der Waals surface area contributed by atoms with E-state index in [1.165, 1.54) is 12.1 Å². The third-order valence-corrected chi connectivity index (χ3v) is 3.09. The average Bonchev–Trinajstić information content (AvgIpc) is 2.84. The molecule has 0 spiro atoms. The lowest BCUT2D eigenvalue weighted by Crippen LogP contribution is -2.16. The Morgan fingerprint density at radius 1 is 1.20 bits per heavy atom. The van der Waals surface area contributed by atoms with Crippen LogP contribution in [0.5, 0.6) is 0 Å². The first-order valence-electron chi connectivity index (χ1n) is 6.36. The number of oxazole rings is 1. The van der Waals surface area contributed by atoms with Gasteiger partial charge in [-0.1, -0.05) is 0 Å². The van der Waals surface area contributed by atoms with Crippen LogP contribution in [0.25, 0.3) is 11.1 Å². The van der Waals surface area contributed by atoms with Gasteiger partial charge in [0.25, 0.3) is 0 Å². The van der Waals surface area contributed by atoms with Crippen molar-refractivity contribution >= 4 is 28.5 Å². The Balaban J connectivity index is 2.04. The van der Waals surface area contributed by atoms with Crippen molar-refractivity contribution in [3.05, 3.63) is 48.3 Å². The van der Waals surface area contributed by atoms with Crippen LogP contribution in [0.15, 0.2) is 46.9 Å². The van der Waals surface area contributed by atoms with Gasteiger partial charge < -0.3 is 10.2 Å². The minimum atomic E-state index is -0.268. The molecule has 20 heavy (non-hydrogen) atoms. The van der Waals surface area contributed by atoms with Crippen molar-refractivity contribution in [3.63, 3.8) is 0 Å². The molecule has 0 atom stereocenters. The molecule has 0 unspecified atom stereocenters. The third kappa shape index (κ3) is 2.18. The summed E-state index contributed by atoms with van der Waals surface area (Å²) in [4.78, 5) is 6.30. The summed E-state index contributed by atoms with van der Waals surface area (Å²) in [6.45, 7) is 2.64. The Morgan fingerprint density at radius 2 is 1.95 bits per heavy atom. The number of rotatable bonds is 3. The second-order valence-electron chi connectivity index (χ2n) is 4.44. The van der Waals surface area contributed by atoms with Crippen LogP contribution in [0.1, 0.15) is 6.92 Å². The van der Waals surface area contributed by atoms with E-state index in [1.807, 2.05) is 11.8 Å². The van der Waals surface area contributed by atoms with Crippen LogP contribution < -0.4 is 10.6 Å². The molecule has 0 saturated heterocycles. The molecule has 0 saturated carbocycles. The van der Waals surface area contributed by atoms with Gasteiger partial charge in [-0.25, -0.2) is 4.39 Å². The van der Waals surface area contributed by atoms with E-state index in [4.69, 9.17) is 10.2 Å². The summed E-state index contributed by atoms with van der Waals surface area (Å²) < 4.78 is 18.7. The fraction of sp³-hybridized carbons (Fsp3) is 0.133. The summed E-state index contributed by atoms with van der Waals surface area (Å²) in [5.41, 5.74) is 8.59. The lowest BCUT2D eigenvalue weighted by molar-refractivity contribution is 0.594. The number of nitrogen functional groups attached to an aromatic ring is 1. The molecule has 0 amide bonds. The zero-order valence-electron chi connectivity index (χ0n) is 11.0. The number of nitrogens with two attached hydrogens (primary N) is 1. The van der Waals surface area contributed by atoms with Gasteiger partial charge in [-0.3, -0.25) is 4.90 Å². The van der Waals surface area contributed by atoms with Gasteiger partial charge in [0.2, 0.25) is 0 Å². The van der Waals surface area contributed by atoms with Crippen LogP contribution in [0.4, 0.5) is 21.8 Å². The van der Waals surface area contributed by atoms with Gasteiger partial charge in [0, 0.05) is 17.9 Å². The Labute approximate surface area is 115 Å². The molecule has 1 heterocycles. The maximum absolute atomic E-state index is 13.0. The van der Waals surface area contributed by atoms with Crippen molar-refractivity contribution in [2.24, 2.45) is 0 Å². The number of nitrogens with zero attached hydrogens (tertiary/aromatic N) is 2. The molecular weight excluding hydrogens is 257 g/mol. The third-order valence-electron chi connectivity index (χ3n) is 3.09. The zero-order valence-corrected chi connectivity index (χ0v) is 11.0. The van der Waals surface area contributed by atoms with Crippen molar-refractivity contribution in [1.29, 1.82) is 0 Å². The maximum atomic E-state index is 13.0. The number of anilines is 3. The molecule has 0 fully saturated rings. The monoisotopic (exact) mass is 271 g/mol. The predicted molar refractivity (Wildman–Crippen MR) is 77.5 cm³/mol. The fourth-order valence-corrected chi connectivity index (χ4v) is 2.10. The minimum Gasteiger partial charge on any atom is -0.423 e. The smallest absolute Gasteiger partial charge is 0.302 e. The van der Waals surface area contributed by atoms with Crippen LogP contribution in [0, 0.1) is 5.82 Å². The van der Waals surface area contributed by atoms with Gasteiger partial charge in [0.15, 0.2) is 5.58 Å². The van der Waals surface area contributed by atoms with Gasteiger partial charge in [-0.15, -0.1) is 0 Å². The molecule has 0 aliphatic carbocycles. The number of hydrogen-bond acceptors (Lipinski definition) is 4. The lowest BCUT2D eigenvalue weighted by Gasteiger charge is -2.18. The highest BCUT2D eigenvalue weighted by atomic mass is 19.1. The van der Waals surface area contributed by atoms with E-state index in [0.29, 0.717) is 29.3 Å². The molecule has 0 bridgehead atoms. The van der Waals surface area contributed by atoms with E-state index in [9.17, 15) is 4.39 Å². The van der Waals surface area contributed by atoms with Crippen LogP contribution in [-0.4, -0.2) is 11.5 Å². The van der Waals surface area contributed by atoms with Gasteiger partial charge in [-0.2, -0.15) is 4.98 Å². The summed E-state index contributed by atoms with van der Waals surface area (Å²) in [5, 5.41) is 0. The quantitative estimate of drug-likeness (QED) is 0.738. The van der Waals surface area contributed by atoms with Crippen molar-refractivity contribution in [2.45, 2.75) is 6.92 Å². The molecule has 102 valence electrons. The van der Waals surface area contributed by atoms with E-state index in [2.05, 4.69) is 4.98 Å². The molecule has 1 aromatic heterocycles. The number of benzene rings is 2. The molecule has 3 aromatic rings. The summed E-state index contributed by atoms with van der Waals surface area (Å²) in [6.07, 6.45) is 0. The minimum absolute atomic E-state index is 0.268. The molecule has 3 rings (SSSR count). The van der Waals surface area contributed by atoms with Crippen molar-refractivity contribution in [3.8, 4) is 0 Å². The van der Waals surface area contributed by atoms with Crippen LogP contribution >= 0.6 is 0 Å². The predicted octanol–water partition coefficient (Wildman–Crippen LogP) is 3.71. The fourth-order valence-electron chi connectivity index (χ4n) is 2.10. The number of fused-ring (bicyclic) bond motifs is 1. The molecule has 5 heteroatoms. The molecule has 4 nitrogen and oxygen atoms in total. The summed E-state index contributed by atoms with van der Waals surface area (Å²) in [6, 6.07) is 12.0. The van der Waals surface area contributed by atoms with Gasteiger partial charge >= 0.3 is 6.01 Å². The first-order valence-corrected chi connectivity index (χ1v) is 6.36. The zero-order chi connectivity index (χ0) is 14.1. The molecule has 0 aliphatic rings. The SMILES string of the molecule is CCN(c1ccc(F)cc1)c1nc2cc(N)ccc2o1. The molecular formula is C15H14FN3O. The average molecular weight is 271 g/mol. The van der Waals surface area contributed by atoms with Gasteiger partial charge in [0.1, 0.15) is 11.3 Å². The molecule has 0 radical (unpaired) electrons. The maximum Gasteiger partial charge on any atom is 0.302 e. The van der Waals surface area contributed by atoms with E-state index in [0.717, 1.165) is 5.69 Å². The highest BCUT2D eigenvalue weighted by Gasteiger charge is 2.14. The van der Waals surface area contributed by atoms with Gasteiger partial charge in [-0.05, 0) is 49.4 Å².